The lowest BCUT2D eigenvalue weighted by molar-refractivity contribution is -0.0941. The molecule has 0 radical (unpaired) electrons. The Balaban J connectivity index is 1.88. The zero-order chi connectivity index (χ0) is 13.5. The van der Waals surface area contributed by atoms with E-state index < -0.39 is 0 Å². The molecule has 0 N–H and O–H groups in total. The maximum atomic E-state index is 11.9. The number of piperidine rings is 1. The topological polar surface area (TPSA) is 38.8 Å². The third kappa shape index (κ3) is 1.88. The molecule has 2 fully saturated rings. The normalized spacial score (nSPS) is 37.4. The van der Waals surface area contributed by atoms with Gasteiger partial charge in [-0.1, -0.05) is 18.6 Å². The number of likely N-dealkylation sites (tertiary alicyclic amines) is 1. The maximum Gasteiger partial charge on any atom is 0.411 e. The standard InChI is InChI=1S/C15H23NO3/c1-3-11-5-7-15-6-4-8-16(14(17)18-2)13(15)19-10-12(15)9-11/h9,12-13H,3-8,10H2,1-2H3/t12-,13?,15?/m0/s1. The summed E-state index contributed by atoms with van der Waals surface area (Å²) in [6.45, 7) is 3.73. The average Bonchev–Trinajstić information content (AvgIpc) is 2.84. The van der Waals surface area contributed by atoms with Gasteiger partial charge in [-0.2, -0.15) is 0 Å². The van der Waals surface area contributed by atoms with Gasteiger partial charge in [0.2, 0.25) is 0 Å². The highest BCUT2D eigenvalue weighted by molar-refractivity contribution is 5.68. The summed E-state index contributed by atoms with van der Waals surface area (Å²) in [5.41, 5.74) is 1.69. The molecular weight excluding hydrogens is 242 g/mol. The second-order valence-corrected chi connectivity index (χ2v) is 5.97. The van der Waals surface area contributed by atoms with E-state index in [1.165, 1.54) is 13.5 Å². The average molecular weight is 265 g/mol. The molecular formula is C15H23NO3. The summed E-state index contributed by atoms with van der Waals surface area (Å²) < 4.78 is 10.9. The molecule has 0 aromatic carbocycles. The molecule has 2 unspecified atom stereocenters. The number of ether oxygens (including phenoxy) is 2. The van der Waals surface area contributed by atoms with Crippen molar-refractivity contribution in [1.29, 1.82) is 0 Å². The van der Waals surface area contributed by atoms with E-state index in [4.69, 9.17) is 9.47 Å². The second kappa shape index (κ2) is 4.82. The van der Waals surface area contributed by atoms with Crippen LogP contribution in [0.15, 0.2) is 11.6 Å². The Labute approximate surface area is 114 Å². The van der Waals surface area contributed by atoms with Gasteiger partial charge < -0.3 is 9.47 Å². The Bertz CT molecular complexity index is 406. The Hall–Kier alpha value is -1.03. The Kier molecular flexibility index (Phi) is 3.29. The minimum Gasteiger partial charge on any atom is -0.453 e. The highest BCUT2D eigenvalue weighted by atomic mass is 16.6. The van der Waals surface area contributed by atoms with E-state index in [-0.39, 0.29) is 17.7 Å². The van der Waals surface area contributed by atoms with Crippen molar-refractivity contribution in [3.63, 3.8) is 0 Å². The van der Waals surface area contributed by atoms with Crippen LogP contribution in [0, 0.1) is 11.3 Å². The molecule has 1 spiro atoms. The highest BCUT2D eigenvalue weighted by Gasteiger charge is 2.56. The van der Waals surface area contributed by atoms with E-state index in [9.17, 15) is 4.79 Å². The van der Waals surface area contributed by atoms with Crippen LogP contribution in [0.4, 0.5) is 4.79 Å². The molecule has 2 aliphatic heterocycles. The van der Waals surface area contributed by atoms with Gasteiger partial charge in [-0.3, -0.25) is 4.90 Å². The molecule has 0 bridgehead atoms. The van der Waals surface area contributed by atoms with Crippen LogP contribution in [0.5, 0.6) is 0 Å². The molecule has 2 saturated heterocycles. The van der Waals surface area contributed by atoms with Gasteiger partial charge >= 0.3 is 6.09 Å². The number of amides is 1. The summed E-state index contributed by atoms with van der Waals surface area (Å²) in [4.78, 5) is 13.7. The van der Waals surface area contributed by atoms with Gasteiger partial charge in [-0.15, -0.1) is 0 Å². The molecule has 0 aromatic heterocycles. The zero-order valence-electron chi connectivity index (χ0n) is 11.9. The number of hydrogen-bond acceptors (Lipinski definition) is 3. The van der Waals surface area contributed by atoms with E-state index in [1.54, 1.807) is 10.5 Å². The molecule has 19 heavy (non-hydrogen) atoms. The van der Waals surface area contributed by atoms with Crippen molar-refractivity contribution < 1.29 is 14.3 Å². The molecule has 3 atom stereocenters. The van der Waals surface area contributed by atoms with E-state index in [2.05, 4.69) is 13.0 Å². The van der Waals surface area contributed by atoms with Gasteiger partial charge in [0.15, 0.2) is 0 Å². The summed E-state index contributed by atoms with van der Waals surface area (Å²) in [6, 6.07) is 0. The lowest BCUT2D eigenvalue weighted by Crippen LogP contribution is -2.54. The molecule has 0 aromatic rings. The van der Waals surface area contributed by atoms with E-state index in [0.717, 1.165) is 38.8 Å². The van der Waals surface area contributed by atoms with E-state index in [0.29, 0.717) is 5.92 Å². The summed E-state index contributed by atoms with van der Waals surface area (Å²) in [5, 5.41) is 0. The van der Waals surface area contributed by atoms with E-state index in [1.807, 2.05) is 0 Å². The summed E-state index contributed by atoms with van der Waals surface area (Å²) in [6.07, 6.45) is 7.77. The molecule has 0 saturated carbocycles. The van der Waals surface area contributed by atoms with Crippen molar-refractivity contribution in [3.8, 4) is 0 Å². The van der Waals surface area contributed by atoms with Crippen LogP contribution < -0.4 is 0 Å². The third-order valence-electron chi connectivity index (χ3n) is 5.20. The van der Waals surface area contributed by atoms with Crippen molar-refractivity contribution in [3.05, 3.63) is 11.6 Å². The second-order valence-electron chi connectivity index (χ2n) is 5.97. The van der Waals surface area contributed by atoms with Crippen molar-refractivity contribution in [2.75, 3.05) is 20.3 Å². The fourth-order valence-electron chi connectivity index (χ4n) is 4.12. The Morgan fingerprint density at radius 3 is 3.16 bits per heavy atom. The van der Waals surface area contributed by atoms with Crippen molar-refractivity contribution in [1.82, 2.24) is 4.90 Å². The van der Waals surface area contributed by atoms with Crippen LogP contribution in [0.3, 0.4) is 0 Å². The molecule has 1 amide bonds. The molecule has 3 rings (SSSR count). The van der Waals surface area contributed by atoms with Crippen molar-refractivity contribution in [2.45, 2.75) is 45.3 Å². The number of allylic oxidation sites excluding steroid dienone is 1. The van der Waals surface area contributed by atoms with Crippen LogP contribution in [0.1, 0.15) is 39.0 Å². The van der Waals surface area contributed by atoms with Gasteiger partial charge in [-0.05, 0) is 32.1 Å². The van der Waals surface area contributed by atoms with Gasteiger partial charge in [-0.25, -0.2) is 4.79 Å². The number of hydrogen-bond donors (Lipinski definition) is 0. The first-order chi connectivity index (χ1) is 9.21. The van der Waals surface area contributed by atoms with Gasteiger partial charge in [0.05, 0.1) is 13.7 Å². The predicted octanol–water partition coefficient (Wildman–Crippen LogP) is 2.94. The monoisotopic (exact) mass is 265 g/mol. The van der Waals surface area contributed by atoms with Gasteiger partial charge in [0.1, 0.15) is 6.23 Å². The molecule has 106 valence electrons. The quantitative estimate of drug-likeness (QED) is 0.684. The molecule has 4 heteroatoms. The minimum atomic E-state index is -0.241. The largest absolute Gasteiger partial charge is 0.453 e. The maximum absolute atomic E-state index is 11.9. The number of nitrogens with zero attached hydrogens (tertiary/aromatic N) is 1. The minimum absolute atomic E-state index is 0.0756. The highest BCUT2D eigenvalue weighted by Crippen LogP contribution is 2.54. The van der Waals surface area contributed by atoms with Gasteiger partial charge in [0.25, 0.3) is 0 Å². The zero-order valence-corrected chi connectivity index (χ0v) is 11.9. The molecule has 2 heterocycles. The summed E-state index contributed by atoms with van der Waals surface area (Å²) in [7, 11) is 1.45. The fourth-order valence-corrected chi connectivity index (χ4v) is 4.12. The van der Waals surface area contributed by atoms with Crippen LogP contribution >= 0.6 is 0 Å². The SMILES string of the molecule is CCC1=C[C@H]2COC3N(C(=O)OC)CCCC32CC1. The van der Waals surface area contributed by atoms with Crippen LogP contribution in [0.2, 0.25) is 0 Å². The lowest BCUT2D eigenvalue weighted by Gasteiger charge is -2.48. The first-order valence-corrected chi connectivity index (χ1v) is 7.37. The summed E-state index contributed by atoms with van der Waals surface area (Å²) in [5.74, 6) is 0.480. The Morgan fingerprint density at radius 1 is 1.58 bits per heavy atom. The number of rotatable bonds is 1. The molecule has 1 aliphatic carbocycles. The van der Waals surface area contributed by atoms with Crippen LogP contribution in [-0.4, -0.2) is 37.5 Å². The predicted molar refractivity (Wildman–Crippen MR) is 71.6 cm³/mol. The summed E-state index contributed by atoms with van der Waals surface area (Å²) >= 11 is 0. The smallest absolute Gasteiger partial charge is 0.411 e. The first kappa shape index (κ1) is 13.0. The number of methoxy groups -OCH3 is 1. The lowest BCUT2D eigenvalue weighted by atomic mass is 9.64. The van der Waals surface area contributed by atoms with Crippen LogP contribution in [-0.2, 0) is 9.47 Å². The van der Waals surface area contributed by atoms with Crippen molar-refractivity contribution in [2.24, 2.45) is 11.3 Å². The third-order valence-corrected chi connectivity index (χ3v) is 5.20. The van der Waals surface area contributed by atoms with Gasteiger partial charge in [0, 0.05) is 17.9 Å². The van der Waals surface area contributed by atoms with Crippen molar-refractivity contribution >= 4 is 6.09 Å². The van der Waals surface area contributed by atoms with E-state index >= 15 is 0 Å². The first-order valence-electron chi connectivity index (χ1n) is 7.37. The molecule has 4 nitrogen and oxygen atoms in total. The number of carbonyl (C=O) groups is 1. The fraction of sp³-hybridized carbons (Fsp3) is 0.800. The molecule has 3 aliphatic rings. The Morgan fingerprint density at radius 2 is 2.42 bits per heavy atom. The number of carbonyl (C=O) groups excluding carboxylic acids is 1. The van der Waals surface area contributed by atoms with Crippen LogP contribution in [0.25, 0.3) is 0 Å².